The van der Waals surface area contributed by atoms with Gasteiger partial charge in [0.1, 0.15) is 6.61 Å². The van der Waals surface area contributed by atoms with Crippen LogP contribution >= 0.6 is 0 Å². The van der Waals surface area contributed by atoms with E-state index in [0.717, 1.165) is 11.1 Å². The summed E-state index contributed by atoms with van der Waals surface area (Å²) in [7, 11) is 0. The zero-order chi connectivity index (χ0) is 14.4. The van der Waals surface area contributed by atoms with Gasteiger partial charge in [-0.1, -0.05) is 6.07 Å². The molecule has 0 aliphatic carbocycles. The molecule has 3 N–H and O–H groups in total. The minimum absolute atomic E-state index is 0.0282. The van der Waals surface area contributed by atoms with Crippen molar-refractivity contribution in [2.75, 3.05) is 24.3 Å². The summed E-state index contributed by atoms with van der Waals surface area (Å²) in [6.07, 6.45) is -2.48. The number of rotatable bonds is 6. The molecule has 19 heavy (non-hydrogen) atoms. The van der Waals surface area contributed by atoms with Crippen molar-refractivity contribution in [1.29, 1.82) is 0 Å². The normalized spacial score (nSPS) is 10.8. The zero-order valence-electron chi connectivity index (χ0n) is 11.0. The van der Waals surface area contributed by atoms with E-state index in [2.05, 4.69) is 10.1 Å². The number of benzene rings is 1. The lowest BCUT2D eigenvalue weighted by atomic mass is 10.1. The second-order valence-corrected chi connectivity index (χ2v) is 4.24. The van der Waals surface area contributed by atoms with Crippen LogP contribution in [0.1, 0.15) is 17.5 Å². The van der Waals surface area contributed by atoms with E-state index in [0.29, 0.717) is 11.4 Å². The Hall–Kier alpha value is -1.69. The summed E-state index contributed by atoms with van der Waals surface area (Å²) in [6, 6.07) is 3.58. The van der Waals surface area contributed by atoms with Gasteiger partial charge in [-0.05, 0) is 31.0 Å². The molecule has 0 spiro atoms. The highest BCUT2D eigenvalue weighted by atomic mass is 19.3. The minimum atomic E-state index is -2.51. The van der Waals surface area contributed by atoms with Gasteiger partial charge < -0.3 is 15.8 Å². The fourth-order valence-electron chi connectivity index (χ4n) is 1.59. The predicted molar refractivity (Wildman–Crippen MR) is 70.4 cm³/mol. The van der Waals surface area contributed by atoms with Crippen molar-refractivity contribution in [2.24, 2.45) is 0 Å². The summed E-state index contributed by atoms with van der Waals surface area (Å²) in [5, 5.41) is 2.72. The van der Waals surface area contributed by atoms with Crippen molar-refractivity contribution in [3.8, 4) is 0 Å². The van der Waals surface area contributed by atoms with Crippen LogP contribution < -0.4 is 11.1 Å². The molecule has 0 saturated heterocycles. The summed E-state index contributed by atoms with van der Waals surface area (Å²) in [5.74, 6) is -0.286. The molecule has 0 radical (unpaired) electrons. The number of nitrogens with two attached hydrogens (primary N) is 1. The van der Waals surface area contributed by atoms with Gasteiger partial charge in [-0.2, -0.15) is 0 Å². The number of nitrogens with one attached hydrogen (secondary N) is 1. The zero-order valence-corrected chi connectivity index (χ0v) is 11.0. The average molecular weight is 272 g/mol. The lowest BCUT2D eigenvalue weighted by molar-refractivity contribution is -0.117. The predicted octanol–water partition coefficient (Wildman–Crippen LogP) is 2.50. The summed E-state index contributed by atoms with van der Waals surface area (Å²) in [6.45, 7) is 2.99. The number of aryl methyl sites for hydroxylation is 1. The molecule has 106 valence electrons. The molecule has 0 bridgehead atoms. The first-order valence-electron chi connectivity index (χ1n) is 5.93. The summed E-state index contributed by atoms with van der Waals surface area (Å²) >= 11 is 0. The molecule has 0 saturated carbocycles. The van der Waals surface area contributed by atoms with Gasteiger partial charge in [-0.3, -0.25) is 4.79 Å². The maximum atomic E-state index is 11.8. The third kappa shape index (κ3) is 4.82. The van der Waals surface area contributed by atoms with Gasteiger partial charge in [0.2, 0.25) is 5.91 Å². The van der Waals surface area contributed by atoms with Gasteiger partial charge in [-0.25, -0.2) is 8.78 Å². The van der Waals surface area contributed by atoms with E-state index in [9.17, 15) is 13.6 Å². The standard InChI is InChI=1S/C13H18F2N2O2/c1-8-3-4-10(16)9(2)13(8)17-12(18)5-6-19-7-11(14)15/h3-4,11H,5-7,16H2,1-2H3,(H,17,18). The quantitative estimate of drug-likeness (QED) is 0.617. The Kier molecular flexibility index (Phi) is 5.69. The van der Waals surface area contributed by atoms with Crippen molar-refractivity contribution in [3.05, 3.63) is 23.3 Å². The van der Waals surface area contributed by atoms with E-state index in [1.807, 2.05) is 19.9 Å². The highest BCUT2D eigenvalue weighted by Crippen LogP contribution is 2.25. The Morgan fingerprint density at radius 1 is 1.42 bits per heavy atom. The molecule has 6 heteroatoms. The topological polar surface area (TPSA) is 64.3 Å². The van der Waals surface area contributed by atoms with Crippen LogP contribution in [0, 0.1) is 13.8 Å². The molecule has 1 rings (SSSR count). The smallest absolute Gasteiger partial charge is 0.261 e. The third-order valence-electron chi connectivity index (χ3n) is 2.70. The molecular formula is C13H18F2N2O2. The Bertz CT molecular complexity index is 451. The second-order valence-electron chi connectivity index (χ2n) is 4.24. The van der Waals surface area contributed by atoms with E-state index < -0.39 is 13.0 Å². The number of amides is 1. The maximum absolute atomic E-state index is 11.8. The maximum Gasteiger partial charge on any atom is 0.261 e. The first-order valence-corrected chi connectivity index (χ1v) is 5.93. The monoisotopic (exact) mass is 272 g/mol. The Balaban J connectivity index is 2.51. The molecular weight excluding hydrogens is 254 g/mol. The number of carbonyl (C=O) groups is 1. The number of halogens is 2. The van der Waals surface area contributed by atoms with Crippen molar-refractivity contribution < 1.29 is 18.3 Å². The lowest BCUT2D eigenvalue weighted by Gasteiger charge is -2.13. The van der Waals surface area contributed by atoms with Crippen LogP contribution in [0.5, 0.6) is 0 Å². The molecule has 0 aliphatic rings. The molecule has 0 fully saturated rings. The third-order valence-corrected chi connectivity index (χ3v) is 2.70. The highest BCUT2D eigenvalue weighted by molar-refractivity contribution is 5.93. The Morgan fingerprint density at radius 3 is 2.74 bits per heavy atom. The van der Waals surface area contributed by atoms with E-state index in [1.165, 1.54) is 0 Å². The average Bonchev–Trinajstić information content (AvgIpc) is 2.35. The Morgan fingerprint density at radius 2 is 2.11 bits per heavy atom. The lowest BCUT2D eigenvalue weighted by Crippen LogP contribution is -2.17. The SMILES string of the molecule is Cc1ccc(N)c(C)c1NC(=O)CCOCC(F)F. The van der Waals surface area contributed by atoms with Crippen molar-refractivity contribution in [2.45, 2.75) is 26.7 Å². The van der Waals surface area contributed by atoms with Crippen LogP contribution in [0.15, 0.2) is 12.1 Å². The number of anilines is 2. The number of carbonyl (C=O) groups excluding carboxylic acids is 1. The number of hydrogen-bond donors (Lipinski definition) is 2. The van der Waals surface area contributed by atoms with Crippen LogP contribution in [0.4, 0.5) is 20.2 Å². The summed E-state index contributed by atoms with van der Waals surface area (Å²) in [4.78, 5) is 11.7. The van der Waals surface area contributed by atoms with Gasteiger partial charge >= 0.3 is 0 Å². The largest absolute Gasteiger partial charge is 0.398 e. The molecule has 0 unspecified atom stereocenters. The Labute approximate surface area is 110 Å². The van der Waals surface area contributed by atoms with Crippen molar-refractivity contribution in [1.82, 2.24) is 0 Å². The van der Waals surface area contributed by atoms with E-state index in [1.54, 1.807) is 6.07 Å². The molecule has 1 aromatic rings. The van der Waals surface area contributed by atoms with Gasteiger partial charge in [0.15, 0.2) is 0 Å². The molecule has 0 heterocycles. The van der Waals surface area contributed by atoms with Crippen molar-refractivity contribution >= 4 is 17.3 Å². The van der Waals surface area contributed by atoms with Crippen LogP contribution in [0.3, 0.4) is 0 Å². The first kappa shape index (κ1) is 15.4. The van der Waals surface area contributed by atoms with Crippen LogP contribution in [0.25, 0.3) is 0 Å². The van der Waals surface area contributed by atoms with Gasteiger partial charge in [0.05, 0.1) is 13.0 Å². The van der Waals surface area contributed by atoms with Crippen molar-refractivity contribution in [3.63, 3.8) is 0 Å². The minimum Gasteiger partial charge on any atom is -0.398 e. The molecule has 1 amide bonds. The fraction of sp³-hybridized carbons (Fsp3) is 0.462. The molecule has 0 aliphatic heterocycles. The summed E-state index contributed by atoms with van der Waals surface area (Å²) < 4.78 is 28.3. The molecule has 0 aromatic heterocycles. The second kappa shape index (κ2) is 7.04. The number of alkyl halides is 2. The molecule has 4 nitrogen and oxygen atoms in total. The van der Waals surface area contributed by atoms with E-state index in [-0.39, 0.29) is 18.9 Å². The van der Waals surface area contributed by atoms with Crippen LogP contribution in [0.2, 0.25) is 0 Å². The van der Waals surface area contributed by atoms with Crippen LogP contribution in [-0.4, -0.2) is 25.5 Å². The summed E-state index contributed by atoms with van der Waals surface area (Å²) in [5.41, 5.74) is 8.71. The van der Waals surface area contributed by atoms with Gasteiger partial charge in [0, 0.05) is 11.4 Å². The van der Waals surface area contributed by atoms with E-state index >= 15 is 0 Å². The fourth-order valence-corrected chi connectivity index (χ4v) is 1.59. The number of ether oxygens (including phenoxy) is 1. The molecule has 0 atom stereocenters. The van der Waals surface area contributed by atoms with Crippen LogP contribution in [-0.2, 0) is 9.53 Å². The number of hydrogen-bond acceptors (Lipinski definition) is 3. The van der Waals surface area contributed by atoms with Gasteiger partial charge in [0.25, 0.3) is 6.43 Å². The highest BCUT2D eigenvalue weighted by Gasteiger charge is 2.10. The van der Waals surface area contributed by atoms with Gasteiger partial charge in [-0.15, -0.1) is 0 Å². The number of nitrogen functional groups attached to an aromatic ring is 1. The molecule has 1 aromatic carbocycles. The first-order chi connectivity index (χ1) is 8.91. The van der Waals surface area contributed by atoms with E-state index in [4.69, 9.17) is 5.73 Å².